The Morgan fingerprint density at radius 3 is 2.65 bits per heavy atom. The molecule has 1 unspecified atom stereocenters. The Kier molecular flexibility index (Phi) is 5.48. The van der Waals surface area contributed by atoms with Crippen LogP contribution in [-0.4, -0.2) is 33.8 Å². The molecule has 1 aromatic heterocycles. The van der Waals surface area contributed by atoms with Gasteiger partial charge >= 0.3 is 5.97 Å². The molecule has 1 heterocycles. The van der Waals surface area contributed by atoms with Crippen molar-refractivity contribution < 1.29 is 14.7 Å². The average Bonchev–Trinajstić information content (AvgIpc) is 2.28. The molecular weight excluding hydrogens is 240 g/mol. The fraction of sp³-hybridized carbons (Fsp3) is 0.364. The quantitative estimate of drug-likeness (QED) is 0.788. The lowest BCUT2D eigenvalue weighted by Gasteiger charge is -2.12. The molecule has 0 aliphatic carbocycles. The van der Waals surface area contributed by atoms with Crippen molar-refractivity contribution in [2.45, 2.75) is 18.7 Å². The number of thioether (sulfide) groups is 1. The molecule has 0 saturated carbocycles. The lowest BCUT2D eigenvalue weighted by atomic mass is 10.3. The summed E-state index contributed by atoms with van der Waals surface area (Å²) in [7, 11) is 0. The molecule has 0 saturated heterocycles. The summed E-state index contributed by atoms with van der Waals surface area (Å²) in [6.45, 7) is 1.31. The topological polar surface area (TPSA) is 79.3 Å². The van der Waals surface area contributed by atoms with Gasteiger partial charge in [0.2, 0.25) is 5.91 Å². The largest absolute Gasteiger partial charge is 0.480 e. The van der Waals surface area contributed by atoms with Gasteiger partial charge in [-0.25, -0.2) is 4.79 Å². The zero-order valence-electron chi connectivity index (χ0n) is 9.42. The number of carbonyl (C=O) groups excluding carboxylic acids is 1. The van der Waals surface area contributed by atoms with Crippen LogP contribution in [0.15, 0.2) is 24.5 Å². The number of aliphatic carboxylic acids is 1. The third-order valence-electron chi connectivity index (χ3n) is 1.98. The molecule has 1 aromatic rings. The van der Waals surface area contributed by atoms with Crippen LogP contribution < -0.4 is 5.32 Å². The van der Waals surface area contributed by atoms with Crippen LogP contribution in [0, 0.1) is 0 Å². The number of rotatable bonds is 6. The third kappa shape index (κ3) is 5.35. The van der Waals surface area contributed by atoms with E-state index in [4.69, 9.17) is 5.11 Å². The average molecular weight is 254 g/mol. The number of aromatic nitrogens is 1. The first-order chi connectivity index (χ1) is 8.09. The summed E-state index contributed by atoms with van der Waals surface area (Å²) in [6.07, 6.45) is 3.39. The first-order valence-corrected chi connectivity index (χ1v) is 6.21. The molecule has 0 aliphatic rings. The van der Waals surface area contributed by atoms with Gasteiger partial charge < -0.3 is 10.4 Å². The maximum atomic E-state index is 10.8. The third-order valence-corrected chi connectivity index (χ3v) is 3.08. The highest BCUT2D eigenvalue weighted by Crippen LogP contribution is 2.12. The molecule has 6 heteroatoms. The molecule has 0 aliphatic heterocycles. The summed E-state index contributed by atoms with van der Waals surface area (Å²) in [5.74, 6) is -0.298. The van der Waals surface area contributed by atoms with E-state index >= 15 is 0 Å². The predicted octanol–water partition coefficient (Wildman–Crippen LogP) is 0.904. The first kappa shape index (κ1) is 13.5. The smallest absolute Gasteiger partial charge is 0.327 e. The second kappa shape index (κ2) is 6.90. The van der Waals surface area contributed by atoms with E-state index in [0.717, 1.165) is 5.56 Å². The van der Waals surface area contributed by atoms with E-state index in [9.17, 15) is 9.59 Å². The number of pyridine rings is 1. The first-order valence-electron chi connectivity index (χ1n) is 5.06. The SMILES string of the molecule is CC(=O)NC(CSCc1ccncc1)C(=O)O. The van der Waals surface area contributed by atoms with Gasteiger partial charge in [0.05, 0.1) is 0 Å². The highest BCUT2D eigenvalue weighted by atomic mass is 32.2. The Morgan fingerprint density at radius 1 is 1.47 bits per heavy atom. The van der Waals surface area contributed by atoms with E-state index in [-0.39, 0.29) is 5.91 Å². The Balaban J connectivity index is 2.37. The Bertz CT molecular complexity index is 384. The molecule has 1 atom stereocenters. The molecule has 0 spiro atoms. The predicted molar refractivity (Wildman–Crippen MR) is 65.6 cm³/mol. The highest BCUT2D eigenvalue weighted by Gasteiger charge is 2.17. The van der Waals surface area contributed by atoms with E-state index in [1.54, 1.807) is 12.4 Å². The summed E-state index contributed by atoms with van der Waals surface area (Å²) in [5, 5.41) is 11.3. The zero-order chi connectivity index (χ0) is 12.7. The van der Waals surface area contributed by atoms with Crippen molar-refractivity contribution in [2.75, 3.05) is 5.75 Å². The number of carboxylic acids is 1. The molecular formula is C11H14N2O3S. The number of carboxylic acid groups (broad SMARTS) is 1. The molecule has 17 heavy (non-hydrogen) atoms. The van der Waals surface area contributed by atoms with Gasteiger partial charge in [-0.15, -0.1) is 0 Å². The molecule has 0 fully saturated rings. The minimum Gasteiger partial charge on any atom is -0.480 e. The highest BCUT2D eigenvalue weighted by molar-refractivity contribution is 7.98. The van der Waals surface area contributed by atoms with Crippen molar-refractivity contribution in [3.8, 4) is 0 Å². The van der Waals surface area contributed by atoms with Crippen LogP contribution in [-0.2, 0) is 15.3 Å². The van der Waals surface area contributed by atoms with Gasteiger partial charge in [0.15, 0.2) is 0 Å². The number of nitrogens with zero attached hydrogens (tertiary/aromatic N) is 1. The summed E-state index contributed by atoms with van der Waals surface area (Å²) in [5.41, 5.74) is 1.08. The van der Waals surface area contributed by atoms with Crippen molar-refractivity contribution in [2.24, 2.45) is 0 Å². The van der Waals surface area contributed by atoms with Gasteiger partial charge in [-0.3, -0.25) is 9.78 Å². The van der Waals surface area contributed by atoms with E-state index in [0.29, 0.717) is 11.5 Å². The fourth-order valence-electron chi connectivity index (χ4n) is 1.19. The summed E-state index contributed by atoms with van der Waals surface area (Å²) in [4.78, 5) is 25.5. The van der Waals surface area contributed by atoms with Crippen LogP contribution in [0.5, 0.6) is 0 Å². The van der Waals surface area contributed by atoms with Gasteiger partial charge in [0, 0.05) is 30.8 Å². The fourth-order valence-corrected chi connectivity index (χ4v) is 2.20. The van der Waals surface area contributed by atoms with Gasteiger partial charge in [-0.1, -0.05) is 0 Å². The normalized spacial score (nSPS) is 11.8. The molecule has 1 amide bonds. The maximum Gasteiger partial charge on any atom is 0.327 e. The zero-order valence-corrected chi connectivity index (χ0v) is 10.2. The number of nitrogens with one attached hydrogen (secondary N) is 1. The number of carbonyl (C=O) groups is 2. The van der Waals surface area contributed by atoms with Crippen LogP contribution in [0.3, 0.4) is 0 Å². The lowest BCUT2D eigenvalue weighted by molar-refractivity contribution is -0.140. The number of hydrogen-bond acceptors (Lipinski definition) is 4. The van der Waals surface area contributed by atoms with E-state index in [2.05, 4.69) is 10.3 Å². The summed E-state index contributed by atoms with van der Waals surface area (Å²) in [6, 6.07) is 2.92. The summed E-state index contributed by atoms with van der Waals surface area (Å²) < 4.78 is 0. The van der Waals surface area contributed by atoms with Crippen LogP contribution in [0.2, 0.25) is 0 Å². The molecule has 2 N–H and O–H groups in total. The molecule has 0 bridgehead atoms. The van der Waals surface area contributed by atoms with Crippen molar-refractivity contribution >= 4 is 23.6 Å². The van der Waals surface area contributed by atoms with Crippen molar-refractivity contribution in [3.63, 3.8) is 0 Å². The minimum atomic E-state index is -1.01. The Hall–Kier alpha value is -1.56. The van der Waals surface area contributed by atoms with Crippen LogP contribution >= 0.6 is 11.8 Å². The van der Waals surface area contributed by atoms with E-state index in [1.165, 1.54) is 18.7 Å². The van der Waals surface area contributed by atoms with Crippen LogP contribution in [0.1, 0.15) is 12.5 Å². The van der Waals surface area contributed by atoms with E-state index in [1.807, 2.05) is 12.1 Å². The van der Waals surface area contributed by atoms with Crippen molar-refractivity contribution in [1.82, 2.24) is 10.3 Å². The van der Waals surface area contributed by atoms with Gasteiger partial charge in [-0.05, 0) is 17.7 Å². The molecule has 1 rings (SSSR count). The Labute approximate surface area is 104 Å². The van der Waals surface area contributed by atoms with Crippen LogP contribution in [0.25, 0.3) is 0 Å². The van der Waals surface area contributed by atoms with Crippen molar-refractivity contribution in [3.05, 3.63) is 30.1 Å². The second-order valence-corrected chi connectivity index (χ2v) is 4.49. The minimum absolute atomic E-state index is 0.332. The maximum absolute atomic E-state index is 10.8. The molecule has 0 radical (unpaired) electrons. The second-order valence-electron chi connectivity index (χ2n) is 3.46. The molecule has 92 valence electrons. The molecule has 5 nitrogen and oxygen atoms in total. The van der Waals surface area contributed by atoms with Crippen molar-refractivity contribution in [1.29, 1.82) is 0 Å². The van der Waals surface area contributed by atoms with Gasteiger partial charge in [0.25, 0.3) is 0 Å². The van der Waals surface area contributed by atoms with Gasteiger partial charge in [-0.2, -0.15) is 11.8 Å². The van der Waals surface area contributed by atoms with E-state index < -0.39 is 12.0 Å². The van der Waals surface area contributed by atoms with Crippen LogP contribution in [0.4, 0.5) is 0 Å². The Morgan fingerprint density at radius 2 is 2.12 bits per heavy atom. The van der Waals surface area contributed by atoms with Gasteiger partial charge in [0.1, 0.15) is 6.04 Å². The summed E-state index contributed by atoms with van der Waals surface area (Å²) >= 11 is 1.46. The molecule has 0 aromatic carbocycles. The lowest BCUT2D eigenvalue weighted by Crippen LogP contribution is -2.41. The number of amides is 1. The number of hydrogen-bond donors (Lipinski definition) is 2. The standard InChI is InChI=1S/C11H14N2O3S/c1-8(14)13-10(11(15)16)7-17-6-9-2-4-12-5-3-9/h2-5,10H,6-7H2,1H3,(H,13,14)(H,15,16). The monoisotopic (exact) mass is 254 g/mol.